The molecule has 1 aromatic carbocycles. The van der Waals surface area contributed by atoms with Crippen LogP contribution in [0.5, 0.6) is 5.75 Å². The zero-order valence-electron chi connectivity index (χ0n) is 14.0. The van der Waals surface area contributed by atoms with Crippen molar-refractivity contribution in [2.24, 2.45) is 0 Å². The summed E-state index contributed by atoms with van der Waals surface area (Å²) in [6.45, 7) is 3.84. The van der Waals surface area contributed by atoms with Crippen LogP contribution in [0.15, 0.2) is 18.2 Å². The molecular weight excluding hydrogens is 328 g/mol. The summed E-state index contributed by atoms with van der Waals surface area (Å²) in [5.41, 5.74) is 3.85. The molecule has 0 aliphatic carbocycles. The second kappa shape index (κ2) is 7.60. The van der Waals surface area contributed by atoms with E-state index >= 15 is 0 Å². The van der Waals surface area contributed by atoms with E-state index < -0.39 is 4.92 Å². The van der Waals surface area contributed by atoms with Crippen molar-refractivity contribution >= 4 is 17.7 Å². The Kier molecular flexibility index (Phi) is 5.27. The number of nitrogens with one attached hydrogen (secondary N) is 2. The minimum absolute atomic E-state index is 0.0602. The number of nitrogens with zero attached hydrogens (tertiary/aromatic N) is 2. The minimum Gasteiger partial charge on any atom is -0.467 e. The van der Waals surface area contributed by atoms with Gasteiger partial charge >= 0.3 is 0 Å². The summed E-state index contributed by atoms with van der Waals surface area (Å²) < 4.78 is 10.6. The molecule has 1 aromatic rings. The fourth-order valence-electron chi connectivity index (χ4n) is 2.82. The molecule has 9 heteroatoms. The first-order chi connectivity index (χ1) is 12.0. The van der Waals surface area contributed by atoms with Crippen molar-refractivity contribution in [1.82, 2.24) is 10.4 Å². The van der Waals surface area contributed by atoms with Gasteiger partial charge in [-0.15, -0.1) is 0 Å². The first-order valence-electron chi connectivity index (χ1n) is 8.10. The van der Waals surface area contributed by atoms with E-state index in [1.807, 2.05) is 5.01 Å². The van der Waals surface area contributed by atoms with Crippen LogP contribution in [0.3, 0.4) is 0 Å². The Labute approximate surface area is 144 Å². The summed E-state index contributed by atoms with van der Waals surface area (Å²) in [6.07, 6.45) is 2.90. The Morgan fingerprint density at radius 1 is 1.40 bits per heavy atom. The molecule has 2 N–H and O–H groups in total. The van der Waals surface area contributed by atoms with Gasteiger partial charge in [0.1, 0.15) is 5.75 Å². The zero-order chi connectivity index (χ0) is 17.8. The van der Waals surface area contributed by atoms with Crippen LogP contribution in [-0.4, -0.2) is 55.9 Å². The maximum atomic E-state index is 12.1. The number of hydrogen-bond donors (Lipinski definition) is 2. The van der Waals surface area contributed by atoms with Gasteiger partial charge in [0.2, 0.25) is 0 Å². The molecule has 134 valence electrons. The monoisotopic (exact) mass is 349 g/mol. The normalized spacial score (nSPS) is 18.6. The number of nitro groups is 1. The Hall–Kier alpha value is -2.49. The lowest BCUT2D eigenvalue weighted by Crippen LogP contribution is -3.12. The Balaban J connectivity index is 1.72. The van der Waals surface area contributed by atoms with E-state index in [0.717, 1.165) is 26.2 Å². The van der Waals surface area contributed by atoms with E-state index in [0.29, 0.717) is 16.9 Å². The third-order valence-electron chi connectivity index (χ3n) is 4.23. The number of ether oxygens (including phenoxy) is 2. The molecule has 0 bridgehead atoms. The van der Waals surface area contributed by atoms with Gasteiger partial charge in [0.25, 0.3) is 11.6 Å². The van der Waals surface area contributed by atoms with Gasteiger partial charge < -0.3 is 14.4 Å². The molecule has 0 saturated carbocycles. The first-order valence-corrected chi connectivity index (χ1v) is 8.10. The SMILES string of the molecule is C[NH+]1CCN(NC(=O)/C=C/c2cc([N+](=O)[O-])cc3c2OCOC3)CC1. The number of hydrazine groups is 1. The lowest BCUT2D eigenvalue weighted by Gasteiger charge is -2.29. The van der Waals surface area contributed by atoms with Gasteiger partial charge in [-0.2, -0.15) is 0 Å². The van der Waals surface area contributed by atoms with E-state index in [9.17, 15) is 14.9 Å². The maximum Gasteiger partial charge on any atom is 0.270 e. The van der Waals surface area contributed by atoms with Crippen LogP contribution in [0, 0.1) is 10.1 Å². The summed E-state index contributed by atoms with van der Waals surface area (Å²) in [5, 5.41) is 13.0. The third kappa shape index (κ3) is 4.32. The highest BCUT2D eigenvalue weighted by Gasteiger charge is 2.20. The predicted molar refractivity (Wildman–Crippen MR) is 88.8 cm³/mol. The Bertz CT molecular complexity index is 698. The van der Waals surface area contributed by atoms with Crippen LogP contribution in [-0.2, 0) is 16.1 Å². The fraction of sp³-hybridized carbons (Fsp3) is 0.438. The summed E-state index contributed by atoms with van der Waals surface area (Å²) in [4.78, 5) is 24.1. The van der Waals surface area contributed by atoms with Gasteiger partial charge in [0.15, 0.2) is 6.79 Å². The van der Waals surface area contributed by atoms with Crippen molar-refractivity contribution in [2.45, 2.75) is 6.61 Å². The molecule has 25 heavy (non-hydrogen) atoms. The molecule has 0 radical (unpaired) electrons. The topological polar surface area (TPSA) is 98.4 Å². The highest BCUT2D eigenvalue weighted by molar-refractivity contribution is 5.92. The summed E-state index contributed by atoms with van der Waals surface area (Å²) >= 11 is 0. The van der Waals surface area contributed by atoms with Gasteiger partial charge in [-0.05, 0) is 6.08 Å². The standard InChI is InChI=1S/C16H20N4O5/c1-18-4-6-19(7-5-18)17-15(21)3-2-12-8-14(20(22)23)9-13-10-24-11-25-16(12)13/h2-3,8-9H,4-7,10-11H2,1H3,(H,17,21)/p+1/b3-2+. The molecule has 2 aliphatic heterocycles. The quantitative estimate of drug-likeness (QED) is 0.425. The molecule has 0 unspecified atom stereocenters. The van der Waals surface area contributed by atoms with E-state index in [1.54, 1.807) is 0 Å². The first kappa shape index (κ1) is 17.3. The molecule has 0 atom stereocenters. The number of hydrogen-bond acceptors (Lipinski definition) is 6. The summed E-state index contributed by atoms with van der Waals surface area (Å²) in [6, 6.07) is 2.83. The lowest BCUT2D eigenvalue weighted by atomic mass is 10.1. The molecule has 1 amide bonds. The molecule has 1 saturated heterocycles. The number of quaternary nitrogens is 1. The average molecular weight is 349 g/mol. The lowest BCUT2D eigenvalue weighted by molar-refractivity contribution is -0.884. The third-order valence-corrected chi connectivity index (χ3v) is 4.23. The van der Waals surface area contributed by atoms with Crippen LogP contribution in [0.1, 0.15) is 11.1 Å². The summed E-state index contributed by atoms with van der Waals surface area (Å²) in [5.74, 6) is 0.246. The van der Waals surface area contributed by atoms with Gasteiger partial charge in [-0.1, -0.05) is 0 Å². The largest absolute Gasteiger partial charge is 0.467 e. The van der Waals surface area contributed by atoms with Crippen molar-refractivity contribution in [3.63, 3.8) is 0 Å². The van der Waals surface area contributed by atoms with Crippen molar-refractivity contribution in [2.75, 3.05) is 40.0 Å². The average Bonchev–Trinajstić information content (AvgIpc) is 2.61. The zero-order valence-corrected chi connectivity index (χ0v) is 14.0. The smallest absolute Gasteiger partial charge is 0.270 e. The van der Waals surface area contributed by atoms with Crippen molar-refractivity contribution in [1.29, 1.82) is 0 Å². The number of fused-ring (bicyclic) bond motifs is 1. The summed E-state index contributed by atoms with van der Waals surface area (Å²) in [7, 11) is 2.12. The highest BCUT2D eigenvalue weighted by Crippen LogP contribution is 2.33. The number of rotatable bonds is 4. The van der Waals surface area contributed by atoms with Crippen molar-refractivity contribution in [3.8, 4) is 5.75 Å². The van der Waals surface area contributed by atoms with E-state index in [2.05, 4.69) is 12.5 Å². The highest BCUT2D eigenvalue weighted by atomic mass is 16.7. The van der Waals surface area contributed by atoms with Gasteiger partial charge in [0, 0.05) is 29.3 Å². The molecule has 1 fully saturated rings. The van der Waals surface area contributed by atoms with Crippen LogP contribution < -0.4 is 15.1 Å². The number of non-ortho nitro benzene ring substituents is 1. The van der Waals surface area contributed by atoms with Gasteiger partial charge in [-0.25, -0.2) is 5.01 Å². The van der Waals surface area contributed by atoms with E-state index in [4.69, 9.17) is 9.47 Å². The van der Waals surface area contributed by atoms with Crippen molar-refractivity contribution < 1.29 is 24.1 Å². The number of carbonyl (C=O) groups is 1. The number of carbonyl (C=O) groups excluding carboxylic acids is 1. The number of likely N-dealkylation sites (N-methyl/N-ethyl adjacent to an activating group) is 1. The molecule has 9 nitrogen and oxygen atoms in total. The van der Waals surface area contributed by atoms with Crippen LogP contribution in [0.4, 0.5) is 5.69 Å². The Morgan fingerprint density at radius 3 is 2.88 bits per heavy atom. The van der Waals surface area contributed by atoms with E-state index in [-0.39, 0.29) is 25.0 Å². The second-order valence-electron chi connectivity index (χ2n) is 6.14. The van der Waals surface area contributed by atoms with Crippen LogP contribution in [0.2, 0.25) is 0 Å². The van der Waals surface area contributed by atoms with Gasteiger partial charge in [-0.3, -0.25) is 20.3 Å². The van der Waals surface area contributed by atoms with Crippen LogP contribution >= 0.6 is 0 Å². The van der Waals surface area contributed by atoms with E-state index in [1.165, 1.54) is 29.2 Å². The number of amides is 1. The molecule has 3 rings (SSSR count). The molecule has 0 aromatic heterocycles. The fourth-order valence-corrected chi connectivity index (χ4v) is 2.82. The molecule has 0 spiro atoms. The number of nitro benzene ring substituents is 1. The molecule has 2 heterocycles. The van der Waals surface area contributed by atoms with Crippen molar-refractivity contribution in [3.05, 3.63) is 39.4 Å². The van der Waals surface area contributed by atoms with Crippen LogP contribution in [0.25, 0.3) is 6.08 Å². The Morgan fingerprint density at radius 2 is 2.16 bits per heavy atom. The van der Waals surface area contributed by atoms with Gasteiger partial charge in [0.05, 0.1) is 44.8 Å². The minimum atomic E-state index is -0.473. The second-order valence-corrected chi connectivity index (χ2v) is 6.14. The maximum absolute atomic E-state index is 12.1. The molecule has 2 aliphatic rings. The predicted octanol–water partition coefficient (Wildman–Crippen LogP) is -0.664. The number of benzene rings is 1. The molecular formula is C16H21N4O5+. The number of piperazine rings is 1.